The molecule has 0 amide bonds. The maximum Gasteiger partial charge on any atom is 0.251 e. The van der Waals surface area contributed by atoms with Crippen LogP contribution in [0, 0.1) is 5.92 Å². The molecule has 30 heavy (non-hydrogen) atoms. The Hall–Kier alpha value is -2.83. The van der Waals surface area contributed by atoms with E-state index in [0.717, 1.165) is 30.1 Å². The SMILES string of the molecule is CN1CCC(CN(C)Cc2ccc(-c3nc(-c4cccnc4)cc(=O)[nH]3)cc2)CC1. The van der Waals surface area contributed by atoms with E-state index in [9.17, 15) is 4.79 Å². The average molecular weight is 404 g/mol. The van der Waals surface area contributed by atoms with Gasteiger partial charge in [0.25, 0.3) is 5.56 Å². The maximum atomic E-state index is 12.2. The van der Waals surface area contributed by atoms with Crippen LogP contribution in [0.1, 0.15) is 18.4 Å². The molecule has 3 heterocycles. The number of nitrogens with zero attached hydrogens (tertiary/aromatic N) is 4. The Morgan fingerprint density at radius 3 is 2.60 bits per heavy atom. The van der Waals surface area contributed by atoms with Crippen molar-refractivity contribution in [2.75, 3.05) is 33.7 Å². The molecule has 1 fully saturated rings. The lowest BCUT2D eigenvalue weighted by atomic mass is 9.96. The van der Waals surface area contributed by atoms with Crippen LogP contribution in [-0.2, 0) is 6.54 Å². The lowest BCUT2D eigenvalue weighted by molar-refractivity contribution is 0.173. The average Bonchev–Trinajstić information content (AvgIpc) is 2.76. The molecular weight excluding hydrogens is 374 g/mol. The number of benzene rings is 1. The Morgan fingerprint density at radius 2 is 1.90 bits per heavy atom. The number of rotatable bonds is 6. The van der Waals surface area contributed by atoms with Crippen LogP contribution in [0.15, 0.2) is 59.7 Å². The van der Waals surface area contributed by atoms with Gasteiger partial charge in [0.2, 0.25) is 0 Å². The summed E-state index contributed by atoms with van der Waals surface area (Å²) in [6.45, 7) is 4.47. The van der Waals surface area contributed by atoms with E-state index in [-0.39, 0.29) is 5.56 Å². The molecule has 0 bridgehead atoms. The van der Waals surface area contributed by atoms with Gasteiger partial charge in [0.1, 0.15) is 5.82 Å². The Bertz CT molecular complexity index is 1010. The highest BCUT2D eigenvalue weighted by atomic mass is 16.1. The van der Waals surface area contributed by atoms with Crippen molar-refractivity contribution in [2.45, 2.75) is 19.4 Å². The van der Waals surface area contributed by atoms with Crippen molar-refractivity contribution in [3.05, 3.63) is 70.8 Å². The molecule has 0 radical (unpaired) electrons. The highest BCUT2D eigenvalue weighted by Crippen LogP contribution is 2.21. The van der Waals surface area contributed by atoms with Gasteiger partial charge in [0.05, 0.1) is 5.69 Å². The van der Waals surface area contributed by atoms with E-state index in [1.54, 1.807) is 12.4 Å². The number of piperidine rings is 1. The summed E-state index contributed by atoms with van der Waals surface area (Å²) >= 11 is 0. The number of hydrogen-bond donors (Lipinski definition) is 1. The zero-order chi connectivity index (χ0) is 20.9. The summed E-state index contributed by atoms with van der Waals surface area (Å²) in [5, 5.41) is 0. The topological polar surface area (TPSA) is 65.1 Å². The van der Waals surface area contributed by atoms with Gasteiger partial charge >= 0.3 is 0 Å². The number of aromatic nitrogens is 3. The second-order valence-corrected chi connectivity index (χ2v) is 8.36. The molecule has 0 saturated carbocycles. The molecule has 1 N–H and O–H groups in total. The minimum Gasteiger partial charge on any atom is -0.306 e. The quantitative estimate of drug-likeness (QED) is 0.684. The van der Waals surface area contributed by atoms with Gasteiger partial charge in [-0.1, -0.05) is 24.3 Å². The van der Waals surface area contributed by atoms with E-state index in [0.29, 0.717) is 11.5 Å². The third kappa shape index (κ3) is 5.20. The van der Waals surface area contributed by atoms with Crippen LogP contribution >= 0.6 is 0 Å². The highest BCUT2D eigenvalue weighted by molar-refractivity contribution is 5.62. The van der Waals surface area contributed by atoms with Crippen LogP contribution in [-0.4, -0.2) is 58.5 Å². The second-order valence-electron chi connectivity index (χ2n) is 8.36. The highest BCUT2D eigenvalue weighted by Gasteiger charge is 2.18. The number of pyridine rings is 1. The van der Waals surface area contributed by atoms with Gasteiger partial charge < -0.3 is 14.8 Å². The molecule has 1 aliphatic heterocycles. The maximum absolute atomic E-state index is 12.2. The second kappa shape index (κ2) is 9.32. The predicted molar refractivity (Wildman–Crippen MR) is 120 cm³/mol. The predicted octanol–water partition coefficient (Wildman–Crippen LogP) is 3.27. The lowest BCUT2D eigenvalue weighted by Crippen LogP contribution is -2.35. The van der Waals surface area contributed by atoms with Crippen LogP contribution in [0.2, 0.25) is 0 Å². The van der Waals surface area contributed by atoms with E-state index in [2.05, 4.69) is 51.0 Å². The smallest absolute Gasteiger partial charge is 0.251 e. The number of hydrogen-bond acceptors (Lipinski definition) is 5. The number of aromatic amines is 1. The molecular formula is C24H29N5O. The van der Waals surface area contributed by atoms with Crippen molar-refractivity contribution in [1.82, 2.24) is 24.8 Å². The molecule has 2 aromatic heterocycles. The lowest BCUT2D eigenvalue weighted by Gasteiger charge is -2.31. The molecule has 6 nitrogen and oxygen atoms in total. The Balaban J connectivity index is 1.43. The van der Waals surface area contributed by atoms with Crippen LogP contribution < -0.4 is 5.56 Å². The van der Waals surface area contributed by atoms with Crippen molar-refractivity contribution in [3.63, 3.8) is 0 Å². The normalized spacial score (nSPS) is 15.6. The van der Waals surface area contributed by atoms with Crippen LogP contribution in [0.25, 0.3) is 22.6 Å². The van der Waals surface area contributed by atoms with Gasteiger partial charge in [-0.3, -0.25) is 9.78 Å². The van der Waals surface area contributed by atoms with E-state index >= 15 is 0 Å². The first kappa shape index (κ1) is 20.4. The van der Waals surface area contributed by atoms with Crippen molar-refractivity contribution >= 4 is 0 Å². The molecule has 0 unspecified atom stereocenters. The van der Waals surface area contributed by atoms with Gasteiger partial charge in [-0.25, -0.2) is 4.98 Å². The monoisotopic (exact) mass is 403 g/mol. The fraction of sp³-hybridized carbons (Fsp3) is 0.375. The van der Waals surface area contributed by atoms with E-state index in [4.69, 9.17) is 0 Å². The van der Waals surface area contributed by atoms with E-state index in [1.807, 2.05) is 24.3 Å². The largest absolute Gasteiger partial charge is 0.306 e. The van der Waals surface area contributed by atoms with Crippen LogP contribution in [0.3, 0.4) is 0 Å². The van der Waals surface area contributed by atoms with Gasteiger partial charge in [0, 0.05) is 42.7 Å². The standard InChI is InChI=1S/C24H29N5O/c1-28-12-9-19(10-13-28)17-29(2)16-18-5-7-20(8-6-18)24-26-22(14-23(30)27-24)21-4-3-11-25-15-21/h3-8,11,14-15,19H,9-10,12-13,16-17H2,1-2H3,(H,26,27,30). The Labute approximate surface area is 177 Å². The zero-order valence-electron chi connectivity index (χ0n) is 17.7. The number of likely N-dealkylation sites (tertiary alicyclic amines) is 1. The fourth-order valence-electron chi connectivity index (χ4n) is 4.09. The molecule has 0 atom stereocenters. The van der Waals surface area contributed by atoms with Gasteiger partial charge in [0.15, 0.2) is 0 Å². The summed E-state index contributed by atoms with van der Waals surface area (Å²) in [7, 11) is 4.40. The number of nitrogens with one attached hydrogen (secondary N) is 1. The Morgan fingerprint density at radius 1 is 1.13 bits per heavy atom. The third-order valence-electron chi connectivity index (χ3n) is 5.79. The molecule has 0 aliphatic carbocycles. The summed E-state index contributed by atoms with van der Waals surface area (Å²) in [6.07, 6.45) is 5.99. The third-order valence-corrected chi connectivity index (χ3v) is 5.79. The molecule has 1 aromatic carbocycles. The van der Waals surface area contributed by atoms with Crippen molar-refractivity contribution in [2.24, 2.45) is 5.92 Å². The minimum atomic E-state index is -0.166. The molecule has 3 aromatic rings. The summed E-state index contributed by atoms with van der Waals surface area (Å²) in [5.41, 5.74) is 3.46. The van der Waals surface area contributed by atoms with Crippen molar-refractivity contribution < 1.29 is 0 Å². The van der Waals surface area contributed by atoms with E-state index < -0.39 is 0 Å². The molecule has 1 saturated heterocycles. The van der Waals surface area contributed by atoms with Gasteiger partial charge in [-0.05, 0) is 63.6 Å². The fourth-order valence-corrected chi connectivity index (χ4v) is 4.09. The first-order chi connectivity index (χ1) is 14.6. The molecule has 156 valence electrons. The molecule has 6 heteroatoms. The first-order valence-corrected chi connectivity index (χ1v) is 10.5. The van der Waals surface area contributed by atoms with Gasteiger partial charge in [-0.15, -0.1) is 0 Å². The van der Waals surface area contributed by atoms with Crippen LogP contribution in [0.5, 0.6) is 0 Å². The molecule has 0 spiro atoms. The molecule has 1 aliphatic rings. The van der Waals surface area contributed by atoms with Crippen molar-refractivity contribution in [3.8, 4) is 22.6 Å². The minimum absolute atomic E-state index is 0.166. The number of H-pyrrole nitrogens is 1. The summed E-state index contributed by atoms with van der Waals surface area (Å²) in [6, 6.07) is 13.6. The van der Waals surface area contributed by atoms with Gasteiger partial charge in [-0.2, -0.15) is 0 Å². The van der Waals surface area contributed by atoms with Crippen molar-refractivity contribution in [1.29, 1.82) is 0 Å². The Kier molecular flexibility index (Phi) is 6.35. The van der Waals surface area contributed by atoms with E-state index in [1.165, 1.54) is 37.6 Å². The molecule has 4 rings (SSSR count). The van der Waals surface area contributed by atoms with Crippen LogP contribution in [0.4, 0.5) is 0 Å². The summed E-state index contributed by atoms with van der Waals surface area (Å²) in [5.74, 6) is 1.36. The first-order valence-electron chi connectivity index (χ1n) is 10.5. The zero-order valence-corrected chi connectivity index (χ0v) is 17.7. The summed E-state index contributed by atoms with van der Waals surface area (Å²) < 4.78 is 0. The summed E-state index contributed by atoms with van der Waals surface area (Å²) in [4.78, 5) is 28.6.